The highest BCUT2D eigenvalue weighted by Crippen LogP contribution is 2.38. The fourth-order valence-electron chi connectivity index (χ4n) is 4.74. The molecule has 5 rings (SSSR count). The lowest BCUT2D eigenvalue weighted by Gasteiger charge is -2.12. The number of sulfonamides is 1. The number of aliphatic hydroxyl groups excluding tert-OH is 1. The van der Waals surface area contributed by atoms with Crippen LogP contribution in [0, 0.1) is 0 Å². The second kappa shape index (κ2) is 11.7. The number of carbonyl (C=O) groups is 1. The van der Waals surface area contributed by atoms with Gasteiger partial charge in [0, 0.05) is 28.7 Å². The maximum absolute atomic E-state index is 13.5. The van der Waals surface area contributed by atoms with Crippen molar-refractivity contribution < 1.29 is 23.1 Å². The van der Waals surface area contributed by atoms with Gasteiger partial charge in [-0.3, -0.25) is 4.72 Å². The minimum absolute atomic E-state index is 0.0278. The molecule has 0 unspecified atom stereocenters. The topological polar surface area (TPSA) is 123 Å². The summed E-state index contributed by atoms with van der Waals surface area (Å²) < 4.78 is 44.1. The Morgan fingerprint density at radius 3 is 2.48 bits per heavy atom. The van der Waals surface area contributed by atoms with E-state index in [0.29, 0.717) is 35.3 Å². The third kappa shape index (κ3) is 5.72. The van der Waals surface area contributed by atoms with E-state index < -0.39 is 16.0 Å². The average Bonchev–Trinajstić information content (AvgIpc) is 3.54. The van der Waals surface area contributed by atoms with Crippen LogP contribution in [-0.2, 0) is 27.9 Å². The van der Waals surface area contributed by atoms with E-state index in [2.05, 4.69) is 13.5 Å². The predicted molar refractivity (Wildman–Crippen MR) is 158 cm³/mol. The molecule has 0 bridgehead atoms. The average molecular weight is 579 g/mol. The smallest absolute Gasteiger partial charge is 0.355 e. The van der Waals surface area contributed by atoms with Crippen LogP contribution in [0.5, 0.6) is 0 Å². The van der Waals surface area contributed by atoms with Crippen LogP contribution in [0.15, 0.2) is 60.7 Å². The number of esters is 1. The number of hydrogen-bond acceptors (Lipinski definition) is 8. The molecule has 0 fully saturated rings. The van der Waals surface area contributed by atoms with E-state index in [1.807, 2.05) is 47.9 Å². The van der Waals surface area contributed by atoms with Crippen LogP contribution in [-0.4, -0.2) is 45.2 Å². The summed E-state index contributed by atoms with van der Waals surface area (Å²) in [5.41, 5.74) is 6.14. The van der Waals surface area contributed by atoms with Crippen molar-refractivity contribution in [2.24, 2.45) is 0 Å². The van der Waals surface area contributed by atoms with Crippen LogP contribution in [0.2, 0.25) is 0 Å². The summed E-state index contributed by atoms with van der Waals surface area (Å²) in [6.45, 7) is 4.15. The number of nitrogens with one attached hydrogen (secondary N) is 1. The Hall–Kier alpha value is -3.80. The lowest BCUT2D eigenvalue weighted by atomic mass is 10.00. The summed E-state index contributed by atoms with van der Waals surface area (Å²) in [5.74, 6) is -0.457. The Kier molecular flexibility index (Phi) is 8.15. The van der Waals surface area contributed by atoms with Crippen molar-refractivity contribution in [1.29, 1.82) is 0 Å². The van der Waals surface area contributed by atoms with Gasteiger partial charge in [0.2, 0.25) is 10.0 Å². The van der Waals surface area contributed by atoms with E-state index in [-0.39, 0.29) is 19.0 Å². The molecule has 2 aromatic heterocycles. The third-order valence-corrected chi connectivity index (χ3v) is 8.59. The van der Waals surface area contributed by atoms with Gasteiger partial charge >= 0.3 is 5.97 Å². The number of unbranched alkanes of at least 4 members (excludes halogenated alkanes) is 1. The quantitative estimate of drug-likeness (QED) is 0.196. The summed E-state index contributed by atoms with van der Waals surface area (Å²) >= 11 is 1.15. The highest BCUT2D eigenvalue weighted by Gasteiger charge is 2.26. The van der Waals surface area contributed by atoms with Gasteiger partial charge in [-0.05, 0) is 60.4 Å². The molecule has 0 aliphatic heterocycles. The van der Waals surface area contributed by atoms with Crippen molar-refractivity contribution in [3.63, 3.8) is 0 Å². The molecule has 0 amide bonds. The lowest BCUT2D eigenvalue weighted by molar-refractivity contribution is 0.0516. The van der Waals surface area contributed by atoms with Crippen molar-refractivity contribution in [2.75, 3.05) is 17.1 Å². The maximum atomic E-state index is 13.5. The summed E-state index contributed by atoms with van der Waals surface area (Å²) in [4.78, 5) is 13.5. The molecule has 11 heteroatoms. The molecular formula is C29H30N4O5S2. The fourth-order valence-corrected chi connectivity index (χ4v) is 6.51. The van der Waals surface area contributed by atoms with Gasteiger partial charge in [0.15, 0.2) is 0 Å². The maximum Gasteiger partial charge on any atom is 0.355 e. The zero-order valence-electron chi connectivity index (χ0n) is 22.3. The van der Waals surface area contributed by atoms with Gasteiger partial charge in [-0.25, -0.2) is 13.2 Å². The van der Waals surface area contributed by atoms with Gasteiger partial charge in [0.05, 0.1) is 30.7 Å². The summed E-state index contributed by atoms with van der Waals surface area (Å²) in [5, 5.41) is 10.3. The van der Waals surface area contributed by atoms with Crippen molar-refractivity contribution in [3.05, 3.63) is 77.5 Å². The van der Waals surface area contributed by atoms with Gasteiger partial charge in [0.1, 0.15) is 16.7 Å². The summed E-state index contributed by atoms with van der Waals surface area (Å²) in [6, 6.07) is 18.4. The first kappa shape index (κ1) is 27.8. The van der Waals surface area contributed by atoms with Gasteiger partial charge in [-0.15, -0.1) is 0 Å². The SMILES string of the molecule is CCCCS(=O)(=O)Nc1ccc2c(c1)c(-c1ccc(CO)cc1)c(C(=O)OCC)n2Cc1ccc2nsnc2c1. The van der Waals surface area contributed by atoms with Gasteiger partial charge < -0.3 is 14.4 Å². The van der Waals surface area contributed by atoms with Crippen molar-refractivity contribution in [2.45, 2.75) is 39.8 Å². The monoisotopic (exact) mass is 578 g/mol. The molecule has 0 atom stereocenters. The molecule has 5 aromatic rings. The van der Waals surface area contributed by atoms with Gasteiger partial charge in [-0.1, -0.05) is 43.7 Å². The van der Waals surface area contributed by atoms with Crippen molar-refractivity contribution >= 4 is 55.3 Å². The van der Waals surface area contributed by atoms with E-state index in [9.17, 15) is 18.3 Å². The van der Waals surface area contributed by atoms with Crippen LogP contribution in [0.3, 0.4) is 0 Å². The second-order valence-electron chi connectivity index (χ2n) is 9.48. The number of fused-ring (bicyclic) bond motifs is 2. The number of rotatable bonds is 11. The first-order chi connectivity index (χ1) is 19.3. The zero-order chi connectivity index (χ0) is 28.3. The Morgan fingerprint density at radius 1 is 1.00 bits per heavy atom. The van der Waals surface area contributed by atoms with E-state index in [0.717, 1.165) is 51.4 Å². The number of benzene rings is 3. The molecule has 0 saturated carbocycles. The molecule has 0 aliphatic carbocycles. The van der Waals surface area contributed by atoms with Crippen LogP contribution < -0.4 is 4.72 Å². The van der Waals surface area contributed by atoms with Crippen LogP contribution in [0.4, 0.5) is 5.69 Å². The molecule has 2 N–H and O–H groups in total. The Bertz CT molecular complexity index is 1780. The van der Waals surface area contributed by atoms with Gasteiger partial charge in [0.25, 0.3) is 0 Å². The number of aromatic nitrogens is 3. The van der Waals surface area contributed by atoms with Crippen molar-refractivity contribution in [1.82, 2.24) is 13.3 Å². The molecule has 3 aromatic carbocycles. The zero-order valence-corrected chi connectivity index (χ0v) is 23.9. The number of aliphatic hydroxyl groups is 1. The molecule has 0 radical (unpaired) electrons. The second-order valence-corrected chi connectivity index (χ2v) is 11.8. The predicted octanol–water partition coefficient (Wildman–Crippen LogP) is 5.57. The number of anilines is 1. The van der Waals surface area contributed by atoms with Gasteiger partial charge in [-0.2, -0.15) is 8.75 Å². The van der Waals surface area contributed by atoms with Crippen molar-refractivity contribution in [3.8, 4) is 11.1 Å². The minimum atomic E-state index is -3.53. The van der Waals surface area contributed by atoms with E-state index in [1.165, 1.54) is 0 Å². The molecule has 0 saturated heterocycles. The largest absolute Gasteiger partial charge is 0.461 e. The molecular weight excluding hydrogens is 548 g/mol. The highest BCUT2D eigenvalue weighted by molar-refractivity contribution is 7.92. The molecule has 9 nitrogen and oxygen atoms in total. The lowest BCUT2D eigenvalue weighted by Crippen LogP contribution is -2.16. The normalized spacial score (nSPS) is 11.8. The molecule has 0 aliphatic rings. The highest BCUT2D eigenvalue weighted by atomic mass is 32.2. The van der Waals surface area contributed by atoms with Crippen LogP contribution in [0.25, 0.3) is 33.1 Å². The first-order valence-corrected chi connectivity index (χ1v) is 15.5. The van der Waals surface area contributed by atoms with E-state index >= 15 is 0 Å². The summed E-state index contributed by atoms with van der Waals surface area (Å²) in [7, 11) is -3.53. The Balaban J connectivity index is 1.72. The first-order valence-electron chi connectivity index (χ1n) is 13.1. The number of hydrogen-bond donors (Lipinski definition) is 2. The van der Waals surface area contributed by atoms with E-state index in [1.54, 1.807) is 31.2 Å². The Labute approximate surface area is 236 Å². The molecule has 0 spiro atoms. The minimum Gasteiger partial charge on any atom is -0.461 e. The fraction of sp³-hybridized carbons (Fsp3) is 0.276. The summed E-state index contributed by atoms with van der Waals surface area (Å²) in [6.07, 6.45) is 1.32. The number of ether oxygens (including phenoxy) is 1. The molecule has 40 heavy (non-hydrogen) atoms. The number of carbonyl (C=O) groups excluding carboxylic acids is 1. The van der Waals surface area contributed by atoms with E-state index in [4.69, 9.17) is 4.74 Å². The molecule has 2 heterocycles. The molecule has 208 valence electrons. The van der Waals surface area contributed by atoms with Crippen LogP contribution >= 0.6 is 11.7 Å². The Morgan fingerprint density at radius 2 is 1.75 bits per heavy atom. The standard InChI is InChI=1S/C29H30N4O5S2/c1-3-5-14-40(36,37)32-22-11-13-26-23(16-22)27(21-9-6-19(18-34)7-10-21)28(29(35)38-4-2)33(26)17-20-8-12-24-25(15-20)31-39-30-24/h6-13,15-16,32,34H,3-5,14,17-18H2,1-2H3. The third-order valence-electron chi connectivity index (χ3n) is 6.66. The number of nitrogens with zero attached hydrogens (tertiary/aromatic N) is 3. The van der Waals surface area contributed by atoms with Crippen LogP contribution in [0.1, 0.15) is 48.3 Å².